The lowest BCUT2D eigenvalue weighted by molar-refractivity contribution is 0.101. The van der Waals surface area contributed by atoms with Crippen molar-refractivity contribution in [2.45, 2.75) is 65.5 Å². The monoisotopic (exact) mass is 477 g/mol. The number of hydrazine groups is 1. The van der Waals surface area contributed by atoms with Gasteiger partial charge in [-0.2, -0.15) is 0 Å². The molecule has 0 radical (unpaired) electrons. The summed E-state index contributed by atoms with van der Waals surface area (Å²) in [7, 11) is 0. The fourth-order valence-corrected chi connectivity index (χ4v) is 3.92. The van der Waals surface area contributed by atoms with Crippen LogP contribution in [-0.4, -0.2) is 15.9 Å². The van der Waals surface area contributed by atoms with Gasteiger partial charge in [0.15, 0.2) is 5.78 Å². The molecule has 186 valence electrons. The van der Waals surface area contributed by atoms with E-state index in [1.54, 1.807) is 25.3 Å². The lowest BCUT2D eigenvalue weighted by atomic mass is 10.0. The predicted octanol–water partition coefficient (Wildman–Crippen LogP) is 6.14. The van der Waals surface area contributed by atoms with Crippen molar-refractivity contribution in [1.82, 2.24) is 10.4 Å². The van der Waals surface area contributed by atoms with Gasteiger partial charge in [0.2, 0.25) is 5.88 Å². The summed E-state index contributed by atoms with van der Waals surface area (Å²) in [5.41, 5.74) is 5.66. The van der Waals surface area contributed by atoms with E-state index in [0.29, 0.717) is 22.9 Å². The van der Waals surface area contributed by atoms with Crippen molar-refractivity contribution < 1.29 is 19.4 Å². The van der Waals surface area contributed by atoms with Gasteiger partial charge in [-0.25, -0.2) is 4.98 Å². The predicted molar refractivity (Wildman–Crippen MR) is 137 cm³/mol. The van der Waals surface area contributed by atoms with Crippen LogP contribution in [0.15, 0.2) is 54.7 Å². The minimum atomic E-state index is -0.190. The van der Waals surface area contributed by atoms with Gasteiger partial charge in [-0.3, -0.25) is 16.1 Å². The first-order valence-electron chi connectivity index (χ1n) is 12.1. The van der Waals surface area contributed by atoms with Crippen molar-refractivity contribution in [3.8, 4) is 23.1 Å². The highest BCUT2D eigenvalue weighted by Gasteiger charge is 2.14. The number of nitrogens with zero attached hydrogens (tertiary/aromatic N) is 1. The molecule has 0 fully saturated rings. The molecule has 0 spiro atoms. The number of hydrogen-bond acceptors (Lipinski definition) is 7. The number of ketones is 1. The highest BCUT2D eigenvalue weighted by Crippen LogP contribution is 2.32. The minimum absolute atomic E-state index is 0.0472. The van der Waals surface area contributed by atoms with E-state index in [9.17, 15) is 9.90 Å². The van der Waals surface area contributed by atoms with Gasteiger partial charge < -0.3 is 14.6 Å². The highest BCUT2D eigenvalue weighted by molar-refractivity contribution is 5.97. The molecule has 0 aliphatic carbocycles. The number of benzene rings is 2. The molecular weight excluding hydrogens is 442 g/mol. The van der Waals surface area contributed by atoms with Crippen LogP contribution >= 0.6 is 0 Å². The van der Waals surface area contributed by atoms with E-state index >= 15 is 0 Å². The average Bonchev–Trinajstić information content (AvgIpc) is 2.85. The first kappa shape index (κ1) is 26.2. The van der Waals surface area contributed by atoms with Gasteiger partial charge in [0, 0.05) is 23.9 Å². The van der Waals surface area contributed by atoms with Crippen molar-refractivity contribution in [2.24, 2.45) is 5.84 Å². The number of phenols is 1. The summed E-state index contributed by atoms with van der Waals surface area (Å²) in [6.07, 6.45) is 7.41. The molecule has 1 unspecified atom stereocenters. The summed E-state index contributed by atoms with van der Waals surface area (Å²) < 4.78 is 11.9. The molecule has 4 N–H and O–H groups in total. The molecule has 1 aromatic heterocycles. The Kier molecular flexibility index (Phi) is 9.64. The Morgan fingerprint density at radius 1 is 1.14 bits per heavy atom. The topological polar surface area (TPSA) is 107 Å². The average molecular weight is 478 g/mol. The van der Waals surface area contributed by atoms with Crippen LogP contribution < -0.4 is 20.7 Å². The Hall–Kier alpha value is -3.42. The van der Waals surface area contributed by atoms with E-state index in [0.717, 1.165) is 24.0 Å². The molecule has 0 saturated carbocycles. The number of ether oxygens (including phenoxy) is 2. The van der Waals surface area contributed by atoms with Gasteiger partial charge in [0.25, 0.3) is 0 Å². The van der Waals surface area contributed by atoms with Gasteiger partial charge in [-0.1, -0.05) is 44.7 Å². The molecule has 0 bridgehead atoms. The van der Waals surface area contributed by atoms with Gasteiger partial charge >= 0.3 is 0 Å². The van der Waals surface area contributed by atoms with Crippen molar-refractivity contribution in [1.29, 1.82) is 0 Å². The van der Waals surface area contributed by atoms with Gasteiger partial charge in [0.05, 0.1) is 5.56 Å². The maximum atomic E-state index is 11.6. The van der Waals surface area contributed by atoms with Gasteiger partial charge in [-0.05, 0) is 61.7 Å². The number of unbranched alkanes of at least 4 members (excludes halogenated alkanes) is 3. The smallest absolute Gasteiger partial charge is 0.219 e. The number of phenolic OH excluding ortho intramolecular Hbond substituents is 1. The number of nitrogens with two attached hydrogens (primary N) is 1. The number of Topliss-reactive ketones (excluding diaryl/α,β-unsaturated/α-hetero) is 1. The van der Waals surface area contributed by atoms with Crippen LogP contribution in [0.5, 0.6) is 23.1 Å². The van der Waals surface area contributed by atoms with Crippen molar-refractivity contribution in [3.63, 3.8) is 0 Å². The van der Waals surface area contributed by atoms with Crippen LogP contribution in [0.25, 0.3) is 0 Å². The number of aromatic nitrogens is 1. The second-order valence-electron chi connectivity index (χ2n) is 8.68. The van der Waals surface area contributed by atoms with Crippen LogP contribution in [-0.2, 0) is 6.61 Å². The largest absolute Gasteiger partial charge is 0.507 e. The number of hydrogen-bond donors (Lipinski definition) is 3. The lowest BCUT2D eigenvalue weighted by Gasteiger charge is -2.17. The normalized spacial score (nSPS) is 11.8. The summed E-state index contributed by atoms with van der Waals surface area (Å²) in [6.45, 7) is 5.63. The van der Waals surface area contributed by atoms with Crippen molar-refractivity contribution >= 4 is 5.78 Å². The summed E-state index contributed by atoms with van der Waals surface area (Å²) in [4.78, 5) is 16.0. The Morgan fingerprint density at radius 2 is 1.97 bits per heavy atom. The molecule has 0 saturated heterocycles. The van der Waals surface area contributed by atoms with E-state index in [1.807, 2.05) is 36.4 Å². The summed E-state index contributed by atoms with van der Waals surface area (Å²) in [5, 5.41) is 10.3. The van der Waals surface area contributed by atoms with Gasteiger partial charge in [0.1, 0.15) is 23.9 Å². The zero-order chi connectivity index (χ0) is 25.2. The maximum absolute atomic E-state index is 11.6. The number of pyridine rings is 1. The second kappa shape index (κ2) is 12.9. The summed E-state index contributed by atoms with van der Waals surface area (Å²) in [6, 6.07) is 14.8. The number of aromatic hydroxyl groups is 1. The molecule has 35 heavy (non-hydrogen) atoms. The third-order valence-corrected chi connectivity index (χ3v) is 5.98. The molecule has 1 atom stereocenters. The molecule has 7 nitrogen and oxygen atoms in total. The number of rotatable bonds is 13. The molecule has 3 aromatic rings. The van der Waals surface area contributed by atoms with E-state index in [-0.39, 0.29) is 29.7 Å². The van der Waals surface area contributed by atoms with E-state index in [4.69, 9.17) is 15.3 Å². The van der Waals surface area contributed by atoms with E-state index in [2.05, 4.69) is 17.3 Å². The fraction of sp³-hybridized carbons (Fsp3) is 0.357. The van der Waals surface area contributed by atoms with E-state index < -0.39 is 0 Å². The minimum Gasteiger partial charge on any atom is -0.507 e. The van der Waals surface area contributed by atoms with Crippen molar-refractivity contribution in [2.75, 3.05) is 0 Å². The molecule has 7 heteroatoms. The van der Waals surface area contributed by atoms with E-state index in [1.165, 1.54) is 26.2 Å². The van der Waals surface area contributed by atoms with Crippen LogP contribution in [0, 0.1) is 6.92 Å². The molecule has 0 aliphatic heterocycles. The molecule has 3 rings (SSSR count). The van der Waals surface area contributed by atoms with Crippen LogP contribution in [0.4, 0.5) is 0 Å². The molecule has 1 heterocycles. The number of nitrogens with one attached hydrogen (secondary N) is 1. The zero-order valence-corrected chi connectivity index (χ0v) is 20.7. The SMILES string of the molecule is CCCCCCC(NN)c1ccnc(Oc2cccc(COc3ccc(C(C)=O)c(O)c3C)c2)c1. The van der Waals surface area contributed by atoms with Gasteiger partial charge in [-0.15, -0.1) is 0 Å². The highest BCUT2D eigenvalue weighted by atomic mass is 16.5. The van der Waals surface area contributed by atoms with Crippen molar-refractivity contribution in [3.05, 3.63) is 77.0 Å². The lowest BCUT2D eigenvalue weighted by Crippen LogP contribution is -2.28. The third-order valence-electron chi connectivity index (χ3n) is 5.98. The molecule has 0 amide bonds. The molecule has 0 aliphatic rings. The Morgan fingerprint density at radius 3 is 2.71 bits per heavy atom. The Labute approximate surface area is 207 Å². The fourth-order valence-electron chi connectivity index (χ4n) is 3.92. The summed E-state index contributed by atoms with van der Waals surface area (Å²) in [5.74, 6) is 7.23. The molecular formula is C28H35N3O4. The number of carbonyl (C=O) groups excluding carboxylic acids is 1. The molecule has 2 aromatic carbocycles. The first-order chi connectivity index (χ1) is 16.9. The first-order valence-corrected chi connectivity index (χ1v) is 12.1. The van der Waals surface area contributed by atoms with Crippen LogP contribution in [0.2, 0.25) is 0 Å². The second-order valence-corrected chi connectivity index (χ2v) is 8.68. The quantitative estimate of drug-likeness (QED) is 0.117. The zero-order valence-electron chi connectivity index (χ0n) is 20.7. The standard InChI is InChI=1S/C28H35N3O4/c1-4-5-6-7-11-25(31-29)22-14-15-30-27(17-22)35-23-10-8-9-21(16-23)18-34-26-13-12-24(20(3)32)28(33)19(26)2/h8-10,12-17,25,31,33H,4-7,11,18,29H2,1-3H3. The van der Waals surface area contributed by atoms with Crippen LogP contribution in [0.3, 0.4) is 0 Å². The van der Waals surface area contributed by atoms with Crippen LogP contribution in [0.1, 0.15) is 79.0 Å². The third kappa shape index (κ3) is 7.28. The summed E-state index contributed by atoms with van der Waals surface area (Å²) >= 11 is 0. The maximum Gasteiger partial charge on any atom is 0.219 e. The Bertz CT molecular complexity index is 1130. The Balaban J connectivity index is 1.65. The number of carbonyl (C=O) groups is 1.